The number of furan rings is 1. The van der Waals surface area contributed by atoms with Crippen molar-refractivity contribution >= 4 is 21.9 Å². The van der Waals surface area contributed by atoms with Gasteiger partial charge < -0.3 is 4.42 Å². The monoisotopic (exact) mass is 563 g/mol. The van der Waals surface area contributed by atoms with Crippen LogP contribution in [0.1, 0.15) is 22.3 Å². The summed E-state index contributed by atoms with van der Waals surface area (Å²) in [6.07, 6.45) is 1.61. The number of para-hydroxylation sites is 1. The van der Waals surface area contributed by atoms with Gasteiger partial charge in [0.15, 0.2) is 11.6 Å². The standard InChI is InChI=1S/C40H25N3O/c1-3-12-27(13-4-1)40(28-14-5-2-6-15-28)33-19-9-7-17-31(33)37-32(18-11-20-34(37)40)39-42-25-41-38(43-39)26-22-23-30-29-16-8-10-21-35(29)44-36(30)24-26/h1-25H. The average Bonchev–Trinajstić information content (AvgIpc) is 3.63. The van der Waals surface area contributed by atoms with Gasteiger partial charge in [-0.2, -0.15) is 0 Å². The summed E-state index contributed by atoms with van der Waals surface area (Å²) in [5.74, 6) is 1.25. The van der Waals surface area contributed by atoms with Gasteiger partial charge in [0, 0.05) is 21.9 Å². The second-order valence-corrected chi connectivity index (χ2v) is 11.2. The van der Waals surface area contributed by atoms with Gasteiger partial charge in [-0.3, -0.25) is 0 Å². The zero-order valence-corrected chi connectivity index (χ0v) is 23.7. The maximum atomic E-state index is 6.16. The Morgan fingerprint density at radius 3 is 1.93 bits per heavy atom. The molecule has 4 nitrogen and oxygen atoms in total. The minimum absolute atomic E-state index is 0.480. The SMILES string of the molecule is c1ccc(C2(c3ccccc3)c3ccccc3-c3c(-c4ncnc(-c5ccc6c(c5)oc5ccccc56)n4)cccc32)cc1. The van der Waals surface area contributed by atoms with Crippen molar-refractivity contribution in [3.05, 3.63) is 174 Å². The van der Waals surface area contributed by atoms with Crippen LogP contribution < -0.4 is 0 Å². The molecule has 1 aliphatic carbocycles. The lowest BCUT2D eigenvalue weighted by Crippen LogP contribution is -2.28. The van der Waals surface area contributed by atoms with Crippen LogP contribution in [0, 0.1) is 0 Å². The molecule has 4 heteroatoms. The van der Waals surface area contributed by atoms with Gasteiger partial charge in [-0.15, -0.1) is 0 Å². The fraction of sp³-hybridized carbons (Fsp3) is 0.0250. The lowest BCUT2D eigenvalue weighted by Gasteiger charge is -2.33. The van der Waals surface area contributed by atoms with E-state index >= 15 is 0 Å². The molecule has 0 amide bonds. The summed E-state index contributed by atoms with van der Waals surface area (Å²) in [7, 11) is 0. The summed E-state index contributed by atoms with van der Waals surface area (Å²) >= 11 is 0. The summed E-state index contributed by atoms with van der Waals surface area (Å²) in [6.45, 7) is 0. The van der Waals surface area contributed by atoms with Gasteiger partial charge in [0.05, 0.1) is 5.41 Å². The number of benzene rings is 6. The average molecular weight is 564 g/mol. The van der Waals surface area contributed by atoms with Crippen molar-refractivity contribution < 1.29 is 4.42 Å². The van der Waals surface area contributed by atoms with E-state index in [4.69, 9.17) is 14.4 Å². The van der Waals surface area contributed by atoms with Crippen LogP contribution in [0.25, 0.3) is 55.8 Å². The molecule has 2 heterocycles. The third-order valence-electron chi connectivity index (χ3n) is 8.93. The smallest absolute Gasteiger partial charge is 0.164 e. The molecule has 0 N–H and O–H groups in total. The predicted octanol–water partition coefficient (Wildman–Crippen LogP) is 9.47. The Hall–Kier alpha value is -5.87. The van der Waals surface area contributed by atoms with Crippen molar-refractivity contribution in [1.29, 1.82) is 0 Å². The molecule has 6 aromatic carbocycles. The predicted molar refractivity (Wildman–Crippen MR) is 175 cm³/mol. The highest BCUT2D eigenvalue weighted by Crippen LogP contribution is 2.57. The zero-order chi connectivity index (χ0) is 29.1. The third-order valence-corrected chi connectivity index (χ3v) is 8.93. The summed E-state index contributed by atoms with van der Waals surface area (Å²) in [6, 6.07) is 51.1. The van der Waals surface area contributed by atoms with E-state index in [2.05, 4.69) is 126 Å². The molecule has 0 spiro atoms. The van der Waals surface area contributed by atoms with Crippen LogP contribution in [-0.2, 0) is 5.41 Å². The maximum Gasteiger partial charge on any atom is 0.164 e. The van der Waals surface area contributed by atoms with Gasteiger partial charge in [-0.1, -0.05) is 127 Å². The van der Waals surface area contributed by atoms with Crippen molar-refractivity contribution in [1.82, 2.24) is 15.0 Å². The van der Waals surface area contributed by atoms with Gasteiger partial charge in [0.1, 0.15) is 17.5 Å². The summed E-state index contributed by atoms with van der Waals surface area (Å²) < 4.78 is 6.16. The first kappa shape index (κ1) is 24.7. The van der Waals surface area contributed by atoms with Gasteiger partial charge >= 0.3 is 0 Å². The molecule has 0 unspecified atom stereocenters. The first-order valence-corrected chi connectivity index (χ1v) is 14.8. The molecule has 0 saturated heterocycles. The minimum atomic E-state index is -0.480. The third kappa shape index (κ3) is 3.48. The van der Waals surface area contributed by atoms with E-state index in [0.29, 0.717) is 11.6 Å². The minimum Gasteiger partial charge on any atom is -0.456 e. The van der Waals surface area contributed by atoms with Gasteiger partial charge in [0.2, 0.25) is 0 Å². The second-order valence-electron chi connectivity index (χ2n) is 11.2. The first-order chi connectivity index (χ1) is 21.8. The lowest BCUT2D eigenvalue weighted by atomic mass is 9.67. The highest BCUT2D eigenvalue weighted by atomic mass is 16.3. The molecular weight excluding hydrogens is 538 g/mol. The van der Waals surface area contributed by atoms with Gasteiger partial charge in [-0.05, 0) is 51.6 Å². The molecule has 206 valence electrons. The van der Waals surface area contributed by atoms with Crippen molar-refractivity contribution in [3.8, 4) is 33.9 Å². The molecule has 8 aromatic rings. The molecule has 0 bridgehead atoms. The number of aromatic nitrogens is 3. The number of fused-ring (bicyclic) bond motifs is 6. The van der Waals surface area contributed by atoms with Crippen LogP contribution in [0.3, 0.4) is 0 Å². The quantitative estimate of drug-likeness (QED) is 0.214. The molecule has 0 aliphatic heterocycles. The largest absolute Gasteiger partial charge is 0.456 e. The highest BCUT2D eigenvalue weighted by Gasteiger charge is 2.46. The number of nitrogens with zero attached hydrogens (tertiary/aromatic N) is 3. The Balaban J connectivity index is 1.26. The Labute approximate surface area is 254 Å². The Bertz CT molecular complexity index is 2300. The maximum absolute atomic E-state index is 6.16. The van der Waals surface area contributed by atoms with Gasteiger partial charge in [0.25, 0.3) is 0 Å². The van der Waals surface area contributed by atoms with E-state index in [1.165, 1.54) is 27.8 Å². The Kier molecular flexibility index (Phi) is 5.38. The molecule has 0 fully saturated rings. The highest BCUT2D eigenvalue weighted by molar-refractivity contribution is 6.05. The molecule has 44 heavy (non-hydrogen) atoms. The van der Waals surface area contributed by atoms with Crippen LogP contribution >= 0.6 is 0 Å². The molecular formula is C40H25N3O. The molecule has 9 rings (SSSR count). The van der Waals surface area contributed by atoms with Crippen LogP contribution in [0.5, 0.6) is 0 Å². The fourth-order valence-electron chi connectivity index (χ4n) is 7.11. The first-order valence-electron chi connectivity index (χ1n) is 14.8. The number of hydrogen-bond acceptors (Lipinski definition) is 4. The molecule has 2 aromatic heterocycles. The van der Waals surface area contributed by atoms with Gasteiger partial charge in [-0.25, -0.2) is 15.0 Å². The Morgan fingerprint density at radius 2 is 1.11 bits per heavy atom. The van der Waals surface area contributed by atoms with E-state index in [1.807, 2.05) is 24.3 Å². The van der Waals surface area contributed by atoms with Crippen LogP contribution in [-0.4, -0.2) is 15.0 Å². The van der Waals surface area contributed by atoms with E-state index in [1.54, 1.807) is 6.33 Å². The van der Waals surface area contributed by atoms with Crippen molar-refractivity contribution in [2.45, 2.75) is 5.41 Å². The summed E-state index contributed by atoms with van der Waals surface area (Å²) in [4.78, 5) is 14.4. The van der Waals surface area contributed by atoms with E-state index in [-0.39, 0.29) is 0 Å². The molecule has 0 saturated carbocycles. The van der Waals surface area contributed by atoms with E-state index in [9.17, 15) is 0 Å². The number of hydrogen-bond donors (Lipinski definition) is 0. The van der Waals surface area contributed by atoms with Crippen LogP contribution in [0.4, 0.5) is 0 Å². The fourth-order valence-corrected chi connectivity index (χ4v) is 7.11. The van der Waals surface area contributed by atoms with Crippen molar-refractivity contribution in [2.75, 3.05) is 0 Å². The van der Waals surface area contributed by atoms with Crippen LogP contribution in [0.2, 0.25) is 0 Å². The molecule has 0 radical (unpaired) electrons. The summed E-state index contributed by atoms with van der Waals surface area (Å²) in [5, 5.41) is 2.18. The normalized spacial score (nSPS) is 13.2. The number of rotatable bonds is 4. The second kappa shape index (κ2) is 9.58. The lowest BCUT2D eigenvalue weighted by molar-refractivity contribution is 0.669. The Morgan fingerprint density at radius 1 is 0.477 bits per heavy atom. The van der Waals surface area contributed by atoms with Crippen molar-refractivity contribution in [2.24, 2.45) is 0 Å². The van der Waals surface area contributed by atoms with E-state index in [0.717, 1.165) is 38.6 Å². The summed E-state index contributed by atoms with van der Waals surface area (Å²) in [5.41, 5.74) is 10.3. The zero-order valence-electron chi connectivity index (χ0n) is 23.7. The molecule has 1 aliphatic rings. The van der Waals surface area contributed by atoms with Crippen LogP contribution in [0.15, 0.2) is 156 Å². The van der Waals surface area contributed by atoms with Crippen molar-refractivity contribution in [3.63, 3.8) is 0 Å². The topological polar surface area (TPSA) is 51.8 Å². The molecule has 0 atom stereocenters. The van der Waals surface area contributed by atoms with E-state index < -0.39 is 5.41 Å².